The number of aromatic nitrogens is 1. The van der Waals surface area contributed by atoms with Crippen molar-refractivity contribution in [3.05, 3.63) is 53.9 Å². The number of ether oxygens (including phenoxy) is 1. The summed E-state index contributed by atoms with van der Waals surface area (Å²) >= 11 is 0. The number of benzene rings is 2. The fraction of sp³-hybridized carbons (Fsp3) is 0.167. The van der Waals surface area contributed by atoms with Gasteiger partial charge in [-0.15, -0.1) is 0 Å². The number of para-hydroxylation sites is 1. The van der Waals surface area contributed by atoms with E-state index in [1.54, 1.807) is 56.3 Å². The third-order valence-corrected chi connectivity index (χ3v) is 3.44. The van der Waals surface area contributed by atoms with Crippen LogP contribution in [0.15, 0.2) is 46.9 Å². The second-order valence-electron chi connectivity index (χ2n) is 5.27. The molecule has 3 rings (SSSR count). The standard InChI is InChI=1S/C18H15N3O3/c1-11(23-16-6-4-3-5-13(16)10-19)18(22)21-14-7-8-17-15(9-14)20-12(2)24-17/h3-9,11H,1-2H3,(H,21,22). The molecule has 1 amide bonds. The van der Waals surface area contributed by atoms with Crippen LogP contribution in [0.1, 0.15) is 18.4 Å². The molecule has 6 nitrogen and oxygen atoms in total. The van der Waals surface area contributed by atoms with Crippen molar-refractivity contribution in [3.63, 3.8) is 0 Å². The highest BCUT2D eigenvalue weighted by Gasteiger charge is 2.17. The summed E-state index contributed by atoms with van der Waals surface area (Å²) in [6.07, 6.45) is -0.755. The molecule has 0 spiro atoms. The molecule has 24 heavy (non-hydrogen) atoms. The lowest BCUT2D eigenvalue weighted by Gasteiger charge is -2.15. The average molecular weight is 321 g/mol. The number of rotatable bonds is 4. The second-order valence-corrected chi connectivity index (χ2v) is 5.27. The number of anilines is 1. The van der Waals surface area contributed by atoms with Gasteiger partial charge in [0, 0.05) is 12.6 Å². The van der Waals surface area contributed by atoms with E-state index in [-0.39, 0.29) is 5.91 Å². The molecule has 120 valence electrons. The maximum Gasteiger partial charge on any atom is 0.265 e. The maximum absolute atomic E-state index is 12.3. The van der Waals surface area contributed by atoms with E-state index in [2.05, 4.69) is 10.3 Å². The first kappa shape index (κ1) is 15.6. The number of hydrogen-bond acceptors (Lipinski definition) is 5. The van der Waals surface area contributed by atoms with E-state index in [0.29, 0.717) is 34.0 Å². The molecule has 0 saturated heterocycles. The fourth-order valence-electron chi connectivity index (χ4n) is 2.27. The number of nitrogens with one attached hydrogen (secondary N) is 1. The zero-order valence-electron chi connectivity index (χ0n) is 13.2. The van der Waals surface area contributed by atoms with Gasteiger partial charge in [0.1, 0.15) is 17.3 Å². The van der Waals surface area contributed by atoms with Crippen LogP contribution in [-0.4, -0.2) is 17.0 Å². The number of nitrogens with zero attached hydrogens (tertiary/aromatic N) is 2. The second kappa shape index (κ2) is 6.42. The van der Waals surface area contributed by atoms with E-state index in [1.165, 1.54) is 0 Å². The van der Waals surface area contributed by atoms with E-state index in [9.17, 15) is 4.79 Å². The van der Waals surface area contributed by atoms with E-state index in [0.717, 1.165) is 0 Å². The van der Waals surface area contributed by atoms with Gasteiger partial charge in [0.2, 0.25) is 0 Å². The number of oxazole rings is 1. The van der Waals surface area contributed by atoms with Crippen LogP contribution in [0, 0.1) is 18.3 Å². The smallest absolute Gasteiger partial charge is 0.265 e. The minimum Gasteiger partial charge on any atom is -0.480 e. The van der Waals surface area contributed by atoms with Gasteiger partial charge >= 0.3 is 0 Å². The molecule has 0 bridgehead atoms. The normalized spacial score (nSPS) is 11.7. The Hall–Kier alpha value is -3.33. The molecular formula is C18H15N3O3. The van der Waals surface area contributed by atoms with Crippen molar-refractivity contribution in [3.8, 4) is 11.8 Å². The Balaban J connectivity index is 1.72. The van der Waals surface area contributed by atoms with Crippen molar-refractivity contribution in [1.29, 1.82) is 5.26 Å². The Bertz CT molecular complexity index is 940. The Kier molecular flexibility index (Phi) is 4.17. The lowest BCUT2D eigenvalue weighted by molar-refractivity contribution is -0.122. The fourth-order valence-corrected chi connectivity index (χ4v) is 2.27. The summed E-state index contributed by atoms with van der Waals surface area (Å²) in [6, 6.07) is 14.1. The zero-order chi connectivity index (χ0) is 17.1. The van der Waals surface area contributed by atoms with E-state index in [1.807, 2.05) is 6.07 Å². The Morgan fingerprint density at radius 2 is 2.12 bits per heavy atom. The lowest BCUT2D eigenvalue weighted by atomic mass is 10.2. The summed E-state index contributed by atoms with van der Waals surface area (Å²) in [7, 11) is 0. The quantitative estimate of drug-likeness (QED) is 0.795. The summed E-state index contributed by atoms with van der Waals surface area (Å²) in [5.74, 6) is 0.630. The van der Waals surface area contributed by atoms with Crippen molar-refractivity contribution in [2.45, 2.75) is 20.0 Å². The number of carbonyl (C=O) groups excluding carboxylic acids is 1. The van der Waals surface area contributed by atoms with Crippen LogP contribution in [0.5, 0.6) is 5.75 Å². The van der Waals surface area contributed by atoms with Gasteiger partial charge in [-0.3, -0.25) is 4.79 Å². The first-order valence-electron chi connectivity index (χ1n) is 7.40. The largest absolute Gasteiger partial charge is 0.480 e. The summed E-state index contributed by atoms with van der Waals surface area (Å²) in [5, 5.41) is 11.8. The summed E-state index contributed by atoms with van der Waals surface area (Å²) in [4.78, 5) is 16.5. The van der Waals surface area contributed by atoms with Gasteiger partial charge in [0.25, 0.3) is 5.91 Å². The van der Waals surface area contributed by atoms with Crippen LogP contribution in [0.2, 0.25) is 0 Å². The van der Waals surface area contributed by atoms with Crippen LogP contribution in [0.4, 0.5) is 5.69 Å². The number of amides is 1. The zero-order valence-corrected chi connectivity index (χ0v) is 13.2. The van der Waals surface area contributed by atoms with Crippen molar-refractivity contribution < 1.29 is 13.9 Å². The predicted molar refractivity (Wildman–Crippen MR) is 88.6 cm³/mol. The molecule has 0 aliphatic carbocycles. The van der Waals surface area contributed by atoms with Gasteiger partial charge in [-0.25, -0.2) is 4.98 Å². The maximum atomic E-state index is 12.3. The SMILES string of the molecule is Cc1nc2cc(NC(=O)C(C)Oc3ccccc3C#N)ccc2o1. The first-order valence-corrected chi connectivity index (χ1v) is 7.40. The van der Waals surface area contributed by atoms with Crippen LogP contribution in [0.3, 0.4) is 0 Å². The summed E-state index contributed by atoms with van der Waals surface area (Å²) in [5.41, 5.74) is 2.33. The molecule has 1 heterocycles. The highest BCUT2D eigenvalue weighted by Crippen LogP contribution is 2.21. The average Bonchev–Trinajstić information content (AvgIpc) is 2.94. The lowest BCUT2D eigenvalue weighted by Crippen LogP contribution is -2.30. The van der Waals surface area contributed by atoms with Gasteiger partial charge in [-0.05, 0) is 37.3 Å². The van der Waals surface area contributed by atoms with Crippen molar-refractivity contribution in [2.24, 2.45) is 0 Å². The van der Waals surface area contributed by atoms with E-state index in [4.69, 9.17) is 14.4 Å². The van der Waals surface area contributed by atoms with Crippen LogP contribution in [-0.2, 0) is 4.79 Å². The van der Waals surface area contributed by atoms with Crippen molar-refractivity contribution in [2.75, 3.05) is 5.32 Å². The molecule has 0 aliphatic heterocycles. The first-order chi connectivity index (χ1) is 11.6. The molecular weight excluding hydrogens is 306 g/mol. The molecule has 0 aliphatic rings. The van der Waals surface area contributed by atoms with E-state index < -0.39 is 6.10 Å². The highest BCUT2D eigenvalue weighted by atomic mass is 16.5. The molecule has 1 aromatic heterocycles. The molecule has 0 fully saturated rings. The third kappa shape index (κ3) is 3.20. The Morgan fingerprint density at radius 3 is 2.92 bits per heavy atom. The van der Waals surface area contributed by atoms with Crippen molar-refractivity contribution >= 4 is 22.7 Å². The number of fused-ring (bicyclic) bond motifs is 1. The monoisotopic (exact) mass is 321 g/mol. The third-order valence-electron chi connectivity index (χ3n) is 3.44. The number of carbonyl (C=O) groups is 1. The molecule has 2 aromatic carbocycles. The van der Waals surface area contributed by atoms with E-state index >= 15 is 0 Å². The molecule has 6 heteroatoms. The van der Waals surface area contributed by atoms with Crippen molar-refractivity contribution in [1.82, 2.24) is 4.98 Å². The molecule has 1 N–H and O–H groups in total. The van der Waals surface area contributed by atoms with Gasteiger partial charge in [-0.1, -0.05) is 12.1 Å². The van der Waals surface area contributed by atoms with Crippen LogP contribution >= 0.6 is 0 Å². The Labute approximate surface area is 138 Å². The number of hydrogen-bond donors (Lipinski definition) is 1. The Morgan fingerprint density at radius 1 is 1.33 bits per heavy atom. The molecule has 0 radical (unpaired) electrons. The van der Waals surface area contributed by atoms with Gasteiger partial charge in [-0.2, -0.15) is 5.26 Å². The van der Waals surface area contributed by atoms with Gasteiger partial charge in [0.15, 0.2) is 17.6 Å². The summed E-state index contributed by atoms with van der Waals surface area (Å²) in [6.45, 7) is 3.39. The molecule has 0 saturated carbocycles. The van der Waals surface area contributed by atoms with Crippen LogP contribution < -0.4 is 10.1 Å². The molecule has 3 aromatic rings. The summed E-state index contributed by atoms with van der Waals surface area (Å²) < 4.78 is 11.0. The number of aryl methyl sites for hydroxylation is 1. The van der Waals surface area contributed by atoms with Gasteiger partial charge in [0.05, 0.1) is 5.56 Å². The highest BCUT2D eigenvalue weighted by molar-refractivity contribution is 5.95. The minimum absolute atomic E-state index is 0.317. The van der Waals surface area contributed by atoms with Crippen LogP contribution in [0.25, 0.3) is 11.1 Å². The number of nitriles is 1. The molecule has 1 unspecified atom stereocenters. The van der Waals surface area contributed by atoms with Gasteiger partial charge < -0.3 is 14.5 Å². The predicted octanol–water partition coefficient (Wildman–Crippen LogP) is 3.41. The minimum atomic E-state index is -0.755. The topological polar surface area (TPSA) is 88.1 Å². The molecule has 1 atom stereocenters.